The average Bonchev–Trinajstić information content (AvgIpc) is 2.77. The van der Waals surface area contributed by atoms with Crippen molar-refractivity contribution in [1.29, 1.82) is 0 Å². The van der Waals surface area contributed by atoms with E-state index in [0.29, 0.717) is 18.7 Å². The third-order valence-corrected chi connectivity index (χ3v) is 4.54. The molecule has 0 unspecified atom stereocenters. The molecule has 0 saturated heterocycles. The van der Waals surface area contributed by atoms with E-state index < -0.39 is 0 Å². The molecule has 0 radical (unpaired) electrons. The van der Waals surface area contributed by atoms with Crippen LogP contribution in [-0.2, 0) is 13.2 Å². The van der Waals surface area contributed by atoms with E-state index in [-0.39, 0.29) is 5.91 Å². The molecule has 4 aromatic rings. The number of benzene rings is 3. The maximum atomic E-state index is 12.3. The lowest BCUT2D eigenvalue weighted by atomic mass is 10.1. The SMILES string of the molecule is O=C(NCc1cccnc1)c1ccc(COc2cccc3ccccc23)cc1. The highest BCUT2D eigenvalue weighted by molar-refractivity contribution is 5.94. The number of nitrogens with one attached hydrogen (secondary N) is 1. The zero-order chi connectivity index (χ0) is 19.2. The van der Waals surface area contributed by atoms with Crippen LogP contribution in [0.15, 0.2) is 91.3 Å². The molecule has 138 valence electrons. The van der Waals surface area contributed by atoms with E-state index in [1.807, 2.05) is 60.7 Å². The molecule has 0 aliphatic rings. The number of pyridine rings is 1. The van der Waals surface area contributed by atoms with Gasteiger partial charge in [0.2, 0.25) is 0 Å². The van der Waals surface area contributed by atoms with Crippen LogP contribution in [-0.4, -0.2) is 10.9 Å². The largest absolute Gasteiger partial charge is 0.488 e. The lowest BCUT2D eigenvalue weighted by Crippen LogP contribution is -2.22. The molecular formula is C24H20N2O2. The van der Waals surface area contributed by atoms with E-state index >= 15 is 0 Å². The second-order valence-electron chi connectivity index (χ2n) is 6.51. The molecule has 3 aromatic carbocycles. The molecule has 0 fully saturated rings. The van der Waals surface area contributed by atoms with Crippen LogP contribution in [0.1, 0.15) is 21.5 Å². The van der Waals surface area contributed by atoms with E-state index in [0.717, 1.165) is 27.6 Å². The van der Waals surface area contributed by atoms with Crippen molar-refractivity contribution in [1.82, 2.24) is 10.3 Å². The van der Waals surface area contributed by atoms with Crippen molar-refractivity contribution in [3.63, 3.8) is 0 Å². The average molecular weight is 368 g/mol. The number of amides is 1. The summed E-state index contributed by atoms with van der Waals surface area (Å²) in [5.74, 6) is 0.752. The number of hydrogen-bond donors (Lipinski definition) is 1. The number of hydrogen-bond acceptors (Lipinski definition) is 3. The molecule has 1 heterocycles. The zero-order valence-electron chi connectivity index (χ0n) is 15.3. The van der Waals surface area contributed by atoms with E-state index in [1.165, 1.54) is 0 Å². The van der Waals surface area contributed by atoms with Crippen LogP contribution in [0, 0.1) is 0 Å². The van der Waals surface area contributed by atoms with Crippen LogP contribution in [0.4, 0.5) is 0 Å². The number of fused-ring (bicyclic) bond motifs is 1. The van der Waals surface area contributed by atoms with Crippen molar-refractivity contribution >= 4 is 16.7 Å². The fourth-order valence-corrected chi connectivity index (χ4v) is 3.02. The zero-order valence-corrected chi connectivity index (χ0v) is 15.3. The van der Waals surface area contributed by atoms with E-state index in [1.54, 1.807) is 12.4 Å². The van der Waals surface area contributed by atoms with Gasteiger partial charge in [0, 0.05) is 29.9 Å². The Morgan fingerprint density at radius 3 is 2.50 bits per heavy atom. The minimum absolute atomic E-state index is 0.106. The maximum absolute atomic E-state index is 12.3. The maximum Gasteiger partial charge on any atom is 0.251 e. The predicted molar refractivity (Wildman–Crippen MR) is 110 cm³/mol. The fourth-order valence-electron chi connectivity index (χ4n) is 3.02. The van der Waals surface area contributed by atoms with Crippen LogP contribution in [0.3, 0.4) is 0 Å². The van der Waals surface area contributed by atoms with Gasteiger partial charge in [0.05, 0.1) is 0 Å². The monoisotopic (exact) mass is 368 g/mol. The van der Waals surface area contributed by atoms with Crippen molar-refractivity contribution in [3.05, 3.63) is 108 Å². The van der Waals surface area contributed by atoms with Gasteiger partial charge in [-0.2, -0.15) is 0 Å². The highest BCUT2D eigenvalue weighted by Gasteiger charge is 2.06. The molecule has 1 N–H and O–H groups in total. The van der Waals surface area contributed by atoms with Gasteiger partial charge in [-0.15, -0.1) is 0 Å². The van der Waals surface area contributed by atoms with Gasteiger partial charge >= 0.3 is 0 Å². The van der Waals surface area contributed by atoms with Gasteiger partial charge in [0.15, 0.2) is 0 Å². The highest BCUT2D eigenvalue weighted by atomic mass is 16.5. The standard InChI is InChI=1S/C24H20N2O2/c27-24(26-16-19-5-4-14-25-15-19)21-12-10-18(11-13-21)17-28-23-9-3-7-20-6-1-2-8-22(20)23/h1-15H,16-17H2,(H,26,27). The molecule has 0 atom stereocenters. The third kappa shape index (κ3) is 4.18. The van der Waals surface area contributed by atoms with Crippen molar-refractivity contribution in [2.45, 2.75) is 13.2 Å². The van der Waals surface area contributed by atoms with Gasteiger partial charge in [0.1, 0.15) is 12.4 Å². The number of carbonyl (C=O) groups excluding carboxylic acids is 1. The molecule has 0 aliphatic carbocycles. The van der Waals surface area contributed by atoms with Crippen molar-refractivity contribution in [3.8, 4) is 5.75 Å². The Morgan fingerprint density at radius 1 is 0.857 bits per heavy atom. The smallest absolute Gasteiger partial charge is 0.251 e. The summed E-state index contributed by atoms with van der Waals surface area (Å²) in [6.07, 6.45) is 3.46. The Morgan fingerprint density at radius 2 is 1.68 bits per heavy atom. The Bertz CT molecular complexity index is 1070. The Kier molecular flexibility index (Phi) is 5.29. The molecule has 1 aromatic heterocycles. The summed E-state index contributed by atoms with van der Waals surface area (Å²) >= 11 is 0. The van der Waals surface area contributed by atoms with Crippen molar-refractivity contribution in [2.24, 2.45) is 0 Å². The molecule has 0 spiro atoms. The first-order valence-electron chi connectivity index (χ1n) is 9.16. The summed E-state index contributed by atoms with van der Waals surface area (Å²) in [4.78, 5) is 16.3. The molecule has 4 nitrogen and oxygen atoms in total. The second-order valence-corrected chi connectivity index (χ2v) is 6.51. The minimum atomic E-state index is -0.106. The van der Waals surface area contributed by atoms with Crippen LogP contribution in [0.25, 0.3) is 10.8 Å². The summed E-state index contributed by atoms with van der Waals surface area (Å²) in [6.45, 7) is 0.907. The van der Waals surface area contributed by atoms with E-state index in [2.05, 4.69) is 28.5 Å². The number of aromatic nitrogens is 1. The van der Waals surface area contributed by atoms with Gasteiger partial charge in [-0.1, -0.05) is 54.6 Å². The summed E-state index contributed by atoms with van der Waals surface area (Å²) in [6, 6.07) is 25.5. The Balaban J connectivity index is 1.37. The predicted octanol–water partition coefficient (Wildman–Crippen LogP) is 4.74. The first-order valence-corrected chi connectivity index (χ1v) is 9.16. The van der Waals surface area contributed by atoms with Crippen molar-refractivity contribution < 1.29 is 9.53 Å². The van der Waals surface area contributed by atoms with Crippen LogP contribution in [0.2, 0.25) is 0 Å². The number of nitrogens with zero attached hydrogens (tertiary/aromatic N) is 1. The van der Waals surface area contributed by atoms with Gasteiger partial charge in [-0.3, -0.25) is 9.78 Å². The lowest BCUT2D eigenvalue weighted by Gasteiger charge is -2.10. The number of ether oxygens (including phenoxy) is 1. The summed E-state index contributed by atoms with van der Waals surface area (Å²) in [5.41, 5.74) is 2.60. The van der Waals surface area contributed by atoms with Gasteiger partial charge in [-0.25, -0.2) is 0 Å². The highest BCUT2D eigenvalue weighted by Crippen LogP contribution is 2.25. The van der Waals surface area contributed by atoms with Crippen LogP contribution < -0.4 is 10.1 Å². The van der Waals surface area contributed by atoms with Gasteiger partial charge in [-0.05, 0) is 40.8 Å². The molecule has 4 rings (SSSR count). The lowest BCUT2D eigenvalue weighted by molar-refractivity contribution is 0.0951. The molecule has 0 saturated carbocycles. The molecule has 0 bridgehead atoms. The van der Waals surface area contributed by atoms with E-state index in [4.69, 9.17) is 4.74 Å². The third-order valence-electron chi connectivity index (χ3n) is 4.54. The van der Waals surface area contributed by atoms with Gasteiger partial charge < -0.3 is 10.1 Å². The Hall–Kier alpha value is -3.66. The molecular weight excluding hydrogens is 348 g/mol. The van der Waals surface area contributed by atoms with E-state index in [9.17, 15) is 4.79 Å². The van der Waals surface area contributed by atoms with Crippen LogP contribution in [0.5, 0.6) is 5.75 Å². The summed E-state index contributed by atoms with van der Waals surface area (Å²) < 4.78 is 6.00. The molecule has 4 heteroatoms. The quantitative estimate of drug-likeness (QED) is 0.535. The van der Waals surface area contributed by atoms with Gasteiger partial charge in [0.25, 0.3) is 5.91 Å². The topological polar surface area (TPSA) is 51.2 Å². The second kappa shape index (κ2) is 8.35. The fraction of sp³-hybridized carbons (Fsp3) is 0.0833. The first-order chi connectivity index (χ1) is 13.8. The first kappa shape index (κ1) is 17.7. The number of carbonyl (C=O) groups is 1. The molecule has 28 heavy (non-hydrogen) atoms. The van der Waals surface area contributed by atoms with Crippen LogP contribution >= 0.6 is 0 Å². The number of rotatable bonds is 6. The summed E-state index contributed by atoms with van der Waals surface area (Å²) in [5, 5.41) is 5.15. The molecule has 1 amide bonds. The summed E-state index contributed by atoms with van der Waals surface area (Å²) in [7, 11) is 0. The molecule has 0 aliphatic heterocycles. The normalized spacial score (nSPS) is 10.6. The minimum Gasteiger partial charge on any atom is -0.488 e. The van der Waals surface area contributed by atoms with Crippen molar-refractivity contribution in [2.75, 3.05) is 0 Å². The Labute approximate surface area is 163 Å².